The maximum absolute atomic E-state index is 4.52. The van der Waals surface area contributed by atoms with Crippen molar-refractivity contribution in [3.8, 4) is 0 Å². The zero-order chi connectivity index (χ0) is 13.8. The van der Waals surface area contributed by atoms with Crippen molar-refractivity contribution in [1.82, 2.24) is 9.97 Å². The van der Waals surface area contributed by atoms with Gasteiger partial charge in [-0.3, -0.25) is 0 Å². The molecular weight excluding hydrogens is 246 g/mol. The topological polar surface area (TPSA) is 29.0 Å². The third-order valence-electron chi connectivity index (χ3n) is 4.05. The van der Waals surface area contributed by atoms with E-state index in [1.54, 1.807) is 0 Å². The van der Waals surface area contributed by atoms with Gasteiger partial charge < -0.3 is 4.90 Å². The lowest BCUT2D eigenvalue weighted by Crippen LogP contribution is -2.35. The van der Waals surface area contributed by atoms with E-state index in [0.717, 1.165) is 30.6 Å². The first-order valence-electron chi connectivity index (χ1n) is 7.40. The molecule has 0 aliphatic carbocycles. The number of benzene rings is 1. The van der Waals surface area contributed by atoms with Crippen LogP contribution in [0.3, 0.4) is 0 Å². The highest BCUT2D eigenvalue weighted by Crippen LogP contribution is 2.23. The van der Waals surface area contributed by atoms with Crippen LogP contribution < -0.4 is 4.90 Å². The maximum atomic E-state index is 4.52. The Labute approximate surface area is 120 Å². The van der Waals surface area contributed by atoms with Gasteiger partial charge in [-0.05, 0) is 43.7 Å². The van der Waals surface area contributed by atoms with E-state index in [1.165, 1.54) is 24.8 Å². The van der Waals surface area contributed by atoms with Gasteiger partial charge in [0.1, 0.15) is 0 Å². The summed E-state index contributed by atoms with van der Waals surface area (Å²) in [7, 11) is 0. The van der Waals surface area contributed by atoms with E-state index in [4.69, 9.17) is 0 Å². The first-order valence-corrected chi connectivity index (χ1v) is 7.40. The molecule has 1 aromatic carbocycles. The van der Waals surface area contributed by atoms with Gasteiger partial charge in [0.2, 0.25) is 5.95 Å². The summed E-state index contributed by atoms with van der Waals surface area (Å²) in [4.78, 5) is 11.2. The molecule has 0 atom stereocenters. The van der Waals surface area contributed by atoms with Crippen LogP contribution >= 0.6 is 0 Å². The van der Waals surface area contributed by atoms with E-state index in [-0.39, 0.29) is 0 Å². The molecular formula is C17H21N3. The fourth-order valence-corrected chi connectivity index (χ4v) is 2.87. The third-order valence-corrected chi connectivity index (χ3v) is 4.05. The van der Waals surface area contributed by atoms with Crippen molar-refractivity contribution in [2.45, 2.75) is 26.2 Å². The predicted octanol–water partition coefficient (Wildman–Crippen LogP) is 3.24. The van der Waals surface area contributed by atoms with Crippen LogP contribution in [0.2, 0.25) is 0 Å². The first-order chi connectivity index (χ1) is 9.81. The Morgan fingerprint density at radius 2 is 1.85 bits per heavy atom. The molecule has 1 aliphatic heterocycles. The molecule has 1 aliphatic rings. The molecule has 0 bridgehead atoms. The average molecular weight is 267 g/mol. The van der Waals surface area contributed by atoms with Gasteiger partial charge in [-0.1, -0.05) is 30.3 Å². The Morgan fingerprint density at radius 3 is 2.55 bits per heavy atom. The summed E-state index contributed by atoms with van der Waals surface area (Å²) < 4.78 is 0. The standard InChI is InChI=1S/C17H21N3/c1-14-7-10-18-17(19-14)20-11-8-16(9-12-20)13-15-5-3-2-4-6-15/h2-7,10,16H,8-9,11-13H2,1H3. The molecule has 3 rings (SSSR count). The van der Waals surface area contributed by atoms with Crippen LogP contribution in [0.5, 0.6) is 0 Å². The molecule has 1 saturated heterocycles. The van der Waals surface area contributed by atoms with Crippen molar-refractivity contribution in [3.63, 3.8) is 0 Å². The Morgan fingerprint density at radius 1 is 1.10 bits per heavy atom. The van der Waals surface area contributed by atoms with E-state index in [9.17, 15) is 0 Å². The Bertz CT molecular complexity index is 545. The number of aryl methyl sites for hydroxylation is 1. The van der Waals surface area contributed by atoms with Crippen molar-refractivity contribution in [1.29, 1.82) is 0 Å². The fraction of sp³-hybridized carbons (Fsp3) is 0.412. The van der Waals surface area contributed by atoms with E-state index in [0.29, 0.717) is 0 Å². The molecule has 2 aromatic rings. The molecule has 0 saturated carbocycles. The molecule has 3 nitrogen and oxygen atoms in total. The second-order valence-corrected chi connectivity index (χ2v) is 5.62. The lowest BCUT2D eigenvalue weighted by Gasteiger charge is -2.32. The number of hydrogen-bond donors (Lipinski definition) is 0. The molecule has 0 radical (unpaired) electrons. The van der Waals surface area contributed by atoms with Crippen LogP contribution in [0.4, 0.5) is 5.95 Å². The Balaban J connectivity index is 1.57. The van der Waals surface area contributed by atoms with E-state index < -0.39 is 0 Å². The minimum absolute atomic E-state index is 0.790. The van der Waals surface area contributed by atoms with Crippen LogP contribution in [-0.2, 0) is 6.42 Å². The fourth-order valence-electron chi connectivity index (χ4n) is 2.87. The predicted molar refractivity (Wildman–Crippen MR) is 81.9 cm³/mol. The van der Waals surface area contributed by atoms with Crippen LogP contribution in [0.15, 0.2) is 42.6 Å². The highest BCUT2D eigenvalue weighted by atomic mass is 15.2. The Hall–Kier alpha value is -1.90. The summed E-state index contributed by atoms with van der Waals surface area (Å²) in [5.74, 6) is 1.68. The monoisotopic (exact) mass is 267 g/mol. The molecule has 104 valence electrons. The zero-order valence-corrected chi connectivity index (χ0v) is 12.0. The van der Waals surface area contributed by atoms with Crippen LogP contribution in [0, 0.1) is 12.8 Å². The molecule has 0 amide bonds. The number of piperidine rings is 1. The van der Waals surface area contributed by atoms with Crippen molar-refractivity contribution >= 4 is 5.95 Å². The molecule has 20 heavy (non-hydrogen) atoms. The van der Waals surface area contributed by atoms with Gasteiger partial charge in [-0.15, -0.1) is 0 Å². The second-order valence-electron chi connectivity index (χ2n) is 5.62. The van der Waals surface area contributed by atoms with Crippen molar-refractivity contribution in [2.24, 2.45) is 5.92 Å². The summed E-state index contributed by atoms with van der Waals surface area (Å²) in [5, 5.41) is 0. The summed E-state index contributed by atoms with van der Waals surface area (Å²) in [6.45, 7) is 4.16. The third kappa shape index (κ3) is 3.16. The summed E-state index contributed by atoms with van der Waals surface area (Å²) in [5.41, 5.74) is 2.50. The lowest BCUT2D eigenvalue weighted by molar-refractivity contribution is 0.400. The molecule has 0 N–H and O–H groups in total. The maximum Gasteiger partial charge on any atom is 0.225 e. The summed E-state index contributed by atoms with van der Waals surface area (Å²) >= 11 is 0. The lowest BCUT2D eigenvalue weighted by atomic mass is 9.90. The van der Waals surface area contributed by atoms with Gasteiger partial charge in [-0.25, -0.2) is 9.97 Å². The molecule has 0 unspecified atom stereocenters. The minimum Gasteiger partial charge on any atom is -0.341 e. The highest BCUT2D eigenvalue weighted by Gasteiger charge is 2.21. The number of hydrogen-bond acceptors (Lipinski definition) is 3. The molecule has 1 aromatic heterocycles. The minimum atomic E-state index is 0.790. The largest absolute Gasteiger partial charge is 0.341 e. The van der Waals surface area contributed by atoms with Crippen LogP contribution in [0.25, 0.3) is 0 Å². The molecule has 0 spiro atoms. The smallest absolute Gasteiger partial charge is 0.225 e. The Kier molecular flexibility index (Phi) is 3.95. The summed E-state index contributed by atoms with van der Waals surface area (Å²) in [6.07, 6.45) is 5.51. The van der Waals surface area contributed by atoms with Gasteiger partial charge in [0, 0.05) is 25.0 Å². The van der Waals surface area contributed by atoms with E-state index in [2.05, 4.69) is 45.2 Å². The zero-order valence-electron chi connectivity index (χ0n) is 12.0. The van der Waals surface area contributed by atoms with Crippen molar-refractivity contribution < 1.29 is 0 Å². The van der Waals surface area contributed by atoms with Gasteiger partial charge in [0.25, 0.3) is 0 Å². The number of aromatic nitrogens is 2. The normalized spacial score (nSPS) is 16.4. The quantitative estimate of drug-likeness (QED) is 0.855. The number of anilines is 1. The van der Waals surface area contributed by atoms with Gasteiger partial charge >= 0.3 is 0 Å². The summed E-state index contributed by atoms with van der Waals surface area (Å²) in [6, 6.07) is 12.8. The van der Waals surface area contributed by atoms with Crippen molar-refractivity contribution in [2.75, 3.05) is 18.0 Å². The molecule has 1 fully saturated rings. The molecule has 3 heteroatoms. The molecule has 2 heterocycles. The van der Waals surface area contributed by atoms with Crippen LogP contribution in [-0.4, -0.2) is 23.1 Å². The van der Waals surface area contributed by atoms with Gasteiger partial charge in [-0.2, -0.15) is 0 Å². The highest BCUT2D eigenvalue weighted by molar-refractivity contribution is 5.30. The van der Waals surface area contributed by atoms with Gasteiger partial charge in [0.05, 0.1) is 0 Å². The van der Waals surface area contributed by atoms with E-state index in [1.807, 2.05) is 19.2 Å². The average Bonchev–Trinajstić information content (AvgIpc) is 2.49. The van der Waals surface area contributed by atoms with Crippen molar-refractivity contribution in [3.05, 3.63) is 53.9 Å². The number of nitrogens with zero attached hydrogens (tertiary/aromatic N) is 3. The second kappa shape index (κ2) is 6.04. The van der Waals surface area contributed by atoms with E-state index >= 15 is 0 Å². The van der Waals surface area contributed by atoms with Crippen LogP contribution in [0.1, 0.15) is 24.1 Å². The number of rotatable bonds is 3. The first kappa shape index (κ1) is 13.1. The SMILES string of the molecule is Cc1ccnc(N2CCC(Cc3ccccc3)CC2)n1. The van der Waals surface area contributed by atoms with Gasteiger partial charge in [0.15, 0.2) is 0 Å².